The molecular weight excluding hydrogens is 297 g/mol. The molecule has 2 rings (SSSR count). The van der Waals surface area contributed by atoms with E-state index in [-0.39, 0.29) is 5.69 Å². The molecule has 0 fully saturated rings. The third-order valence-corrected chi connectivity index (χ3v) is 3.13. The summed E-state index contributed by atoms with van der Waals surface area (Å²) in [5, 5.41) is 16.7. The first kappa shape index (κ1) is 11.1. The topological polar surface area (TPSA) is 68.0 Å². The molecule has 0 radical (unpaired) electrons. The van der Waals surface area contributed by atoms with E-state index in [1.807, 2.05) is 0 Å². The van der Waals surface area contributed by atoms with Gasteiger partial charge < -0.3 is 5.11 Å². The highest BCUT2D eigenvalue weighted by atomic mass is 79.9. The smallest absolute Gasteiger partial charge is 0.356 e. The fourth-order valence-corrected chi connectivity index (χ4v) is 1.67. The number of aromatic carboxylic acids is 1. The lowest BCUT2D eigenvalue weighted by molar-refractivity contribution is 0.0687. The van der Waals surface area contributed by atoms with Gasteiger partial charge in [0.05, 0.1) is 16.9 Å². The Morgan fingerprint density at radius 1 is 1.50 bits per heavy atom. The van der Waals surface area contributed by atoms with Gasteiger partial charge >= 0.3 is 5.97 Å². The number of aromatic nitrogens is 3. The first-order valence-electron chi connectivity index (χ1n) is 4.19. The molecule has 1 aromatic heterocycles. The average Bonchev–Trinajstić information content (AvgIpc) is 2.71. The number of hydrogen-bond acceptors (Lipinski definition) is 3. The van der Waals surface area contributed by atoms with Crippen LogP contribution in [0.1, 0.15) is 10.5 Å². The maximum atomic E-state index is 10.9. The fraction of sp³-hybridized carbons (Fsp3) is 0. The van der Waals surface area contributed by atoms with Gasteiger partial charge in [-0.25, -0.2) is 9.48 Å². The van der Waals surface area contributed by atoms with E-state index in [4.69, 9.17) is 16.7 Å². The zero-order chi connectivity index (χ0) is 11.7. The molecule has 0 aliphatic rings. The summed E-state index contributed by atoms with van der Waals surface area (Å²) in [5.74, 6) is -1.09. The summed E-state index contributed by atoms with van der Waals surface area (Å²) >= 11 is 9.09. The molecule has 0 aliphatic carbocycles. The summed E-state index contributed by atoms with van der Waals surface area (Å²) in [6, 6.07) is 4.98. The second kappa shape index (κ2) is 4.23. The van der Waals surface area contributed by atoms with Crippen molar-refractivity contribution in [3.8, 4) is 5.69 Å². The minimum Gasteiger partial charge on any atom is -0.476 e. The molecule has 82 valence electrons. The van der Waals surface area contributed by atoms with E-state index >= 15 is 0 Å². The molecule has 0 bridgehead atoms. The van der Waals surface area contributed by atoms with Gasteiger partial charge in [-0.3, -0.25) is 0 Å². The van der Waals surface area contributed by atoms with Gasteiger partial charge in [-0.05, 0) is 34.1 Å². The predicted octanol–water partition coefficient (Wildman–Crippen LogP) is 2.38. The van der Waals surface area contributed by atoms with Crippen LogP contribution in [-0.4, -0.2) is 26.1 Å². The SMILES string of the molecule is O=C(O)c1cnnn1-c1ccc(Cl)c(Br)c1. The monoisotopic (exact) mass is 301 g/mol. The molecule has 2 aromatic rings. The van der Waals surface area contributed by atoms with Crippen LogP contribution < -0.4 is 0 Å². The van der Waals surface area contributed by atoms with Crippen LogP contribution >= 0.6 is 27.5 Å². The quantitative estimate of drug-likeness (QED) is 0.925. The van der Waals surface area contributed by atoms with Crippen molar-refractivity contribution in [3.63, 3.8) is 0 Å². The molecule has 16 heavy (non-hydrogen) atoms. The average molecular weight is 303 g/mol. The lowest BCUT2D eigenvalue weighted by Crippen LogP contribution is -2.07. The number of hydrogen-bond donors (Lipinski definition) is 1. The largest absolute Gasteiger partial charge is 0.476 e. The second-order valence-corrected chi connectivity index (χ2v) is 4.20. The molecule has 5 nitrogen and oxygen atoms in total. The molecule has 0 unspecified atom stereocenters. The lowest BCUT2D eigenvalue weighted by atomic mass is 10.3. The Labute approximate surface area is 104 Å². The minimum absolute atomic E-state index is 0.00535. The summed E-state index contributed by atoms with van der Waals surface area (Å²) in [6.07, 6.45) is 1.19. The first-order valence-corrected chi connectivity index (χ1v) is 5.36. The molecule has 0 saturated heterocycles. The molecular formula is C9H5BrClN3O2. The van der Waals surface area contributed by atoms with Crippen LogP contribution in [0.15, 0.2) is 28.9 Å². The van der Waals surface area contributed by atoms with E-state index in [2.05, 4.69) is 26.2 Å². The summed E-state index contributed by atoms with van der Waals surface area (Å²) in [6.45, 7) is 0. The van der Waals surface area contributed by atoms with Crippen molar-refractivity contribution in [3.05, 3.63) is 39.6 Å². The number of benzene rings is 1. The maximum Gasteiger partial charge on any atom is 0.356 e. The van der Waals surface area contributed by atoms with Gasteiger partial charge in [0, 0.05) is 4.47 Å². The van der Waals surface area contributed by atoms with Gasteiger partial charge in [-0.15, -0.1) is 5.10 Å². The maximum absolute atomic E-state index is 10.9. The van der Waals surface area contributed by atoms with E-state index in [1.165, 1.54) is 10.9 Å². The Balaban J connectivity index is 2.54. The molecule has 1 heterocycles. The lowest BCUT2D eigenvalue weighted by Gasteiger charge is -2.04. The summed E-state index contributed by atoms with van der Waals surface area (Å²) in [5.41, 5.74) is 0.570. The van der Waals surface area contributed by atoms with E-state index in [0.717, 1.165) is 0 Å². The van der Waals surface area contributed by atoms with Gasteiger partial charge in [0.1, 0.15) is 0 Å². The van der Waals surface area contributed by atoms with E-state index < -0.39 is 5.97 Å². The predicted molar refractivity (Wildman–Crippen MR) is 61.0 cm³/mol. The van der Waals surface area contributed by atoms with Crippen LogP contribution in [0.25, 0.3) is 5.69 Å². The molecule has 0 spiro atoms. The Kier molecular flexibility index (Phi) is 2.93. The van der Waals surface area contributed by atoms with Crippen LogP contribution in [0, 0.1) is 0 Å². The Hall–Kier alpha value is -1.40. The summed E-state index contributed by atoms with van der Waals surface area (Å²) in [4.78, 5) is 10.9. The molecule has 1 aromatic carbocycles. The highest BCUT2D eigenvalue weighted by molar-refractivity contribution is 9.10. The van der Waals surface area contributed by atoms with Crippen molar-refractivity contribution in [2.24, 2.45) is 0 Å². The Morgan fingerprint density at radius 2 is 2.25 bits per heavy atom. The number of nitrogens with zero attached hydrogens (tertiary/aromatic N) is 3. The summed E-state index contributed by atoms with van der Waals surface area (Å²) in [7, 11) is 0. The highest BCUT2D eigenvalue weighted by Gasteiger charge is 2.13. The molecule has 0 saturated carbocycles. The van der Waals surface area contributed by atoms with Gasteiger partial charge in [-0.1, -0.05) is 16.8 Å². The molecule has 0 aliphatic heterocycles. The minimum atomic E-state index is -1.09. The van der Waals surface area contributed by atoms with Crippen molar-refractivity contribution >= 4 is 33.5 Å². The molecule has 0 amide bonds. The fourth-order valence-electron chi connectivity index (χ4n) is 1.19. The van der Waals surface area contributed by atoms with Crippen molar-refractivity contribution in [1.29, 1.82) is 0 Å². The van der Waals surface area contributed by atoms with Crippen molar-refractivity contribution in [2.45, 2.75) is 0 Å². The molecule has 7 heteroatoms. The number of halogens is 2. The van der Waals surface area contributed by atoms with Crippen LogP contribution in [0.4, 0.5) is 0 Å². The first-order chi connectivity index (χ1) is 7.59. The van der Waals surface area contributed by atoms with Gasteiger partial charge in [0.25, 0.3) is 0 Å². The van der Waals surface area contributed by atoms with Crippen molar-refractivity contribution in [2.75, 3.05) is 0 Å². The Bertz CT molecular complexity index is 555. The van der Waals surface area contributed by atoms with Crippen LogP contribution in [0.5, 0.6) is 0 Å². The number of carboxylic acid groups (broad SMARTS) is 1. The van der Waals surface area contributed by atoms with Gasteiger partial charge in [0.2, 0.25) is 0 Å². The van der Waals surface area contributed by atoms with Crippen molar-refractivity contribution in [1.82, 2.24) is 15.0 Å². The standard InChI is InChI=1S/C9H5BrClN3O2/c10-6-3-5(1-2-7(6)11)14-8(9(15)16)4-12-13-14/h1-4H,(H,15,16). The van der Waals surface area contributed by atoms with E-state index in [0.29, 0.717) is 15.2 Å². The summed E-state index contributed by atoms with van der Waals surface area (Å²) < 4.78 is 1.89. The van der Waals surface area contributed by atoms with E-state index in [9.17, 15) is 4.79 Å². The zero-order valence-corrected chi connectivity index (χ0v) is 10.1. The van der Waals surface area contributed by atoms with Crippen LogP contribution in [-0.2, 0) is 0 Å². The normalized spacial score (nSPS) is 10.4. The highest BCUT2D eigenvalue weighted by Crippen LogP contribution is 2.25. The number of carboxylic acids is 1. The van der Waals surface area contributed by atoms with Gasteiger partial charge in [0.15, 0.2) is 5.69 Å². The van der Waals surface area contributed by atoms with Gasteiger partial charge in [-0.2, -0.15) is 0 Å². The molecule has 0 atom stereocenters. The van der Waals surface area contributed by atoms with Crippen LogP contribution in [0.3, 0.4) is 0 Å². The third kappa shape index (κ3) is 1.94. The third-order valence-electron chi connectivity index (χ3n) is 1.92. The number of rotatable bonds is 2. The number of carbonyl (C=O) groups is 1. The molecule has 1 N–H and O–H groups in total. The zero-order valence-electron chi connectivity index (χ0n) is 7.76. The second-order valence-electron chi connectivity index (χ2n) is 2.93. The van der Waals surface area contributed by atoms with E-state index in [1.54, 1.807) is 18.2 Å². The Morgan fingerprint density at radius 3 is 2.88 bits per heavy atom. The van der Waals surface area contributed by atoms with Crippen molar-refractivity contribution < 1.29 is 9.90 Å². The van der Waals surface area contributed by atoms with Crippen LogP contribution in [0.2, 0.25) is 5.02 Å².